The van der Waals surface area contributed by atoms with Gasteiger partial charge < -0.3 is 10.3 Å². The highest BCUT2D eigenvalue weighted by Gasteiger charge is 2.15. The minimum Gasteiger partial charge on any atom is -0.356 e. The van der Waals surface area contributed by atoms with E-state index in [1.807, 2.05) is 6.07 Å². The Morgan fingerprint density at radius 2 is 2.13 bits per heavy atom. The Kier molecular flexibility index (Phi) is 2.67. The lowest BCUT2D eigenvalue weighted by Crippen LogP contribution is -2.22. The zero-order valence-electron chi connectivity index (χ0n) is 8.14. The van der Waals surface area contributed by atoms with Crippen molar-refractivity contribution in [1.82, 2.24) is 10.3 Å². The second-order valence-electron chi connectivity index (χ2n) is 3.67. The molecule has 1 aliphatic rings. The molecule has 80 valence electrons. The van der Waals surface area contributed by atoms with E-state index in [4.69, 9.17) is 0 Å². The summed E-state index contributed by atoms with van der Waals surface area (Å²) in [6.45, 7) is 1.82. The molecule has 0 saturated carbocycles. The van der Waals surface area contributed by atoms with E-state index in [-0.39, 0.29) is 18.2 Å². The fraction of sp³-hybridized carbons (Fsp3) is 0.273. The molecule has 2 nitrogen and oxygen atoms in total. The van der Waals surface area contributed by atoms with Crippen molar-refractivity contribution in [3.63, 3.8) is 0 Å². The van der Waals surface area contributed by atoms with E-state index in [1.165, 1.54) is 17.3 Å². The SMILES string of the molecule is Cl.Fc1cccc2c3c([nH]c12)CCNC3. The molecule has 0 atom stereocenters. The lowest BCUT2D eigenvalue weighted by atomic mass is 10.1. The molecular weight excluding hydrogens is 215 g/mol. The third-order valence-corrected chi connectivity index (χ3v) is 2.83. The molecule has 0 fully saturated rings. The first-order chi connectivity index (χ1) is 6.86. The maximum atomic E-state index is 13.4. The first kappa shape index (κ1) is 10.5. The zero-order valence-corrected chi connectivity index (χ0v) is 8.96. The molecule has 15 heavy (non-hydrogen) atoms. The molecule has 2 aromatic rings. The maximum Gasteiger partial charge on any atom is 0.147 e. The fourth-order valence-corrected chi connectivity index (χ4v) is 2.13. The van der Waals surface area contributed by atoms with Gasteiger partial charge in [0.25, 0.3) is 0 Å². The third kappa shape index (κ3) is 1.52. The van der Waals surface area contributed by atoms with Crippen LogP contribution in [0.1, 0.15) is 11.3 Å². The van der Waals surface area contributed by atoms with Crippen LogP contribution in [-0.2, 0) is 13.0 Å². The van der Waals surface area contributed by atoms with Crippen molar-refractivity contribution in [3.8, 4) is 0 Å². The van der Waals surface area contributed by atoms with Gasteiger partial charge in [0.2, 0.25) is 0 Å². The maximum absolute atomic E-state index is 13.4. The van der Waals surface area contributed by atoms with E-state index in [0.717, 1.165) is 24.9 Å². The third-order valence-electron chi connectivity index (χ3n) is 2.83. The summed E-state index contributed by atoms with van der Waals surface area (Å²) in [5.41, 5.74) is 3.07. The Bertz CT molecular complexity index is 493. The van der Waals surface area contributed by atoms with Crippen molar-refractivity contribution in [2.45, 2.75) is 13.0 Å². The number of aromatic nitrogens is 1. The van der Waals surface area contributed by atoms with Crippen LogP contribution < -0.4 is 5.32 Å². The lowest BCUT2D eigenvalue weighted by Gasteiger charge is -2.12. The molecular formula is C11H12ClFN2. The molecule has 0 bridgehead atoms. The fourth-order valence-electron chi connectivity index (χ4n) is 2.13. The smallest absolute Gasteiger partial charge is 0.147 e. The van der Waals surface area contributed by atoms with Gasteiger partial charge in [-0.05, 0) is 11.6 Å². The average Bonchev–Trinajstić information content (AvgIpc) is 2.59. The number of para-hydroxylation sites is 1. The van der Waals surface area contributed by atoms with Crippen LogP contribution in [0.3, 0.4) is 0 Å². The van der Waals surface area contributed by atoms with Gasteiger partial charge >= 0.3 is 0 Å². The molecule has 3 rings (SSSR count). The minimum atomic E-state index is -0.156. The predicted octanol–water partition coefficient (Wildman–Crippen LogP) is 2.37. The molecule has 0 amide bonds. The number of benzene rings is 1. The molecule has 0 saturated heterocycles. The van der Waals surface area contributed by atoms with Gasteiger partial charge in [-0.15, -0.1) is 12.4 Å². The summed E-state index contributed by atoms with van der Waals surface area (Å²) in [6.07, 6.45) is 0.962. The quantitative estimate of drug-likeness (QED) is 0.709. The van der Waals surface area contributed by atoms with Crippen molar-refractivity contribution >= 4 is 23.3 Å². The van der Waals surface area contributed by atoms with E-state index in [9.17, 15) is 4.39 Å². The van der Waals surface area contributed by atoms with Gasteiger partial charge in [0.05, 0.1) is 5.52 Å². The van der Waals surface area contributed by atoms with Crippen molar-refractivity contribution in [2.75, 3.05) is 6.54 Å². The van der Waals surface area contributed by atoms with E-state index >= 15 is 0 Å². The summed E-state index contributed by atoms with van der Waals surface area (Å²) < 4.78 is 13.4. The summed E-state index contributed by atoms with van der Waals surface area (Å²) in [6, 6.07) is 5.23. The lowest BCUT2D eigenvalue weighted by molar-refractivity contribution is 0.633. The number of rotatable bonds is 0. The van der Waals surface area contributed by atoms with Crippen LogP contribution in [0.5, 0.6) is 0 Å². The Balaban J connectivity index is 0.000000853. The summed E-state index contributed by atoms with van der Waals surface area (Å²) in [4.78, 5) is 3.17. The van der Waals surface area contributed by atoms with E-state index in [2.05, 4.69) is 10.3 Å². The highest BCUT2D eigenvalue weighted by Crippen LogP contribution is 2.26. The van der Waals surface area contributed by atoms with E-state index in [1.54, 1.807) is 6.07 Å². The molecule has 0 radical (unpaired) electrons. The van der Waals surface area contributed by atoms with Crippen LogP contribution in [0.15, 0.2) is 18.2 Å². The van der Waals surface area contributed by atoms with Gasteiger partial charge in [0.15, 0.2) is 0 Å². The molecule has 0 aliphatic carbocycles. The average molecular weight is 227 g/mol. The minimum absolute atomic E-state index is 0. The first-order valence-electron chi connectivity index (χ1n) is 4.85. The molecule has 1 aliphatic heterocycles. The Labute approximate surface area is 93.3 Å². The summed E-state index contributed by atoms with van der Waals surface area (Å²) in [5, 5.41) is 4.32. The Morgan fingerprint density at radius 1 is 1.27 bits per heavy atom. The van der Waals surface area contributed by atoms with Crippen molar-refractivity contribution in [1.29, 1.82) is 0 Å². The number of aromatic amines is 1. The van der Waals surface area contributed by atoms with Gasteiger partial charge in [-0.2, -0.15) is 0 Å². The molecule has 1 aromatic carbocycles. The predicted molar refractivity (Wildman–Crippen MR) is 60.9 cm³/mol. The summed E-state index contributed by atoms with van der Waals surface area (Å²) >= 11 is 0. The van der Waals surface area contributed by atoms with Gasteiger partial charge in [0.1, 0.15) is 5.82 Å². The van der Waals surface area contributed by atoms with Crippen LogP contribution >= 0.6 is 12.4 Å². The molecule has 4 heteroatoms. The molecule has 1 aromatic heterocycles. The highest BCUT2D eigenvalue weighted by atomic mass is 35.5. The van der Waals surface area contributed by atoms with Gasteiger partial charge in [-0.25, -0.2) is 4.39 Å². The number of hydrogen-bond donors (Lipinski definition) is 2. The van der Waals surface area contributed by atoms with Crippen LogP contribution in [0, 0.1) is 5.82 Å². The molecule has 0 spiro atoms. The van der Waals surface area contributed by atoms with Crippen molar-refractivity contribution in [2.24, 2.45) is 0 Å². The molecule has 2 N–H and O–H groups in total. The number of nitrogens with one attached hydrogen (secondary N) is 2. The monoisotopic (exact) mass is 226 g/mol. The Hall–Kier alpha value is -1.06. The zero-order chi connectivity index (χ0) is 9.54. The second-order valence-corrected chi connectivity index (χ2v) is 3.67. The van der Waals surface area contributed by atoms with Gasteiger partial charge in [0, 0.05) is 30.6 Å². The number of fused-ring (bicyclic) bond motifs is 3. The van der Waals surface area contributed by atoms with Crippen LogP contribution in [0.2, 0.25) is 0 Å². The number of H-pyrrole nitrogens is 1. The van der Waals surface area contributed by atoms with Crippen LogP contribution in [0.25, 0.3) is 10.9 Å². The first-order valence-corrected chi connectivity index (χ1v) is 4.85. The normalized spacial score (nSPS) is 14.7. The van der Waals surface area contributed by atoms with Crippen LogP contribution in [0.4, 0.5) is 4.39 Å². The van der Waals surface area contributed by atoms with Crippen LogP contribution in [-0.4, -0.2) is 11.5 Å². The van der Waals surface area contributed by atoms with Crippen molar-refractivity contribution in [3.05, 3.63) is 35.3 Å². The highest BCUT2D eigenvalue weighted by molar-refractivity contribution is 5.85. The molecule has 2 heterocycles. The summed E-state index contributed by atoms with van der Waals surface area (Å²) in [5.74, 6) is -0.156. The second kappa shape index (κ2) is 3.83. The number of hydrogen-bond acceptors (Lipinski definition) is 1. The summed E-state index contributed by atoms with van der Waals surface area (Å²) in [7, 11) is 0. The van der Waals surface area contributed by atoms with E-state index < -0.39 is 0 Å². The molecule has 0 unspecified atom stereocenters. The van der Waals surface area contributed by atoms with Gasteiger partial charge in [-0.1, -0.05) is 12.1 Å². The number of halogens is 2. The Morgan fingerprint density at radius 3 is 3.00 bits per heavy atom. The van der Waals surface area contributed by atoms with Gasteiger partial charge in [-0.3, -0.25) is 0 Å². The van der Waals surface area contributed by atoms with E-state index in [0.29, 0.717) is 5.52 Å². The van der Waals surface area contributed by atoms with Crippen molar-refractivity contribution < 1.29 is 4.39 Å². The largest absolute Gasteiger partial charge is 0.356 e. The standard InChI is InChI=1S/C11H11FN2.ClH/c12-9-3-1-2-7-8-6-13-5-4-10(8)14-11(7)9;/h1-3,13-14H,4-6H2;1H. The topological polar surface area (TPSA) is 27.8 Å².